The Kier molecular flexibility index (Phi) is 6.98. The van der Waals surface area contributed by atoms with E-state index in [9.17, 15) is 5.11 Å². The first kappa shape index (κ1) is 9.92. The Morgan fingerprint density at radius 3 is 2.50 bits per heavy atom. The van der Waals surface area contributed by atoms with Crippen LogP contribution in [-0.4, -0.2) is 17.8 Å². The molecule has 2 heteroatoms. The van der Waals surface area contributed by atoms with E-state index >= 15 is 0 Å². The molecule has 2 nitrogen and oxygen atoms in total. The summed E-state index contributed by atoms with van der Waals surface area (Å²) in [5, 5.41) is 9.20. The maximum absolute atomic E-state index is 9.20. The van der Waals surface area contributed by atoms with Crippen molar-refractivity contribution in [3.8, 4) is 0 Å². The van der Waals surface area contributed by atoms with E-state index in [0.29, 0.717) is 6.54 Å². The monoisotopic (exact) mass is 145 g/mol. The molecule has 0 aliphatic rings. The number of rotatable bonds is 6. The van der Waals surface area contributed by atoms with Crippen molar-refractivity contribution in [2.45, 2.75) is 45.1 Å². The van der Waals surface area contributed by atoms with E-state index in [1.54, 1.807) is 0 Å². The van der Waals surface area contributed by atoms with Crippen molar-refractivity contribution in [3.63, 3.8) is 0 Å². The average Bonchev–Trinajstić information content (AvgIpc) is 1.89. The second-order valence-corrected chi connectivity index (χ2v) is 2.73. The van der Waals surface area contributed by atoms with Crippen LogP contribution in [0.4, 0.5) is 0 Å². The molecule has 0 rings (SSSR count). The third kappa shape index (κ3) is 6.05. The predicted molar refractivity (Wildman–Crippen MR) is 43.8 cm³/mol. The maximum Gasteiger partial charge on any atom is 0.0552 e. The molecule has 0 bridgehead atoms. The molecule has 0 aliphatic carbocycles. The molecule has 10 heavy (non-hydrogen) atoms. The Bertz CT molecular complexity index is 66.3. The van der Waals surface area contributed by atoms with E-state index in [2.05, 4.69) is 6.92 Å². The van der Waals surface area contributed by atoms with E-state index in [1.807, 2.05) is 0 Å². The van der Waals surface area contributed by atoms with Crippen LogP contribution in [-0.2, 0) is 0 Å². The maximum atomic E-state index is 9.20. The summed E-state index contributed by atoms with van der Waals surface area (Å²) in [5.41, 5.74) is 5.27. The standard InChI is InChI=1S/C8H19NO/c1-2-3-4-5-8(10)6-7-9/h8,10H,2-7,9H2,1H3/t8-/m1/s1. The molecular weight excluding hydrogens is 126 g/mol. The van der Waals surface area contributed by atoms with Gasteiger partial charge in [-0.2, -0.15) is 0 Å². The summed E-state index contributed by atoms with van der Waals surface area (Å²) in [5.74, 6) is 0. The van der Waals surface area contributed by atoms with Crippen molar-refractivity contribution >= 4 is 0 Å². The van der Waals surface area contributed by atoms with E-state index in [4.69, 9.17) is 5.73 Å². The minimum atomic E-state index is -0.156. The van der Waals surface area contributed by atoms with Crippen LogP contribution >= 0.6 is 0 Å². The second kappa shape index (κ2) is 7.03. The van der Waals surface area contributed by atoms with Gasteiger partial charge in [-0.15, -0.1) is 0 Å². The van der Waals surface area contributed by atoms with Crippen LogP contribution in [0.25, 0.3) is 0 Å². The van der Waals surface area contributed by atoms with E-state index in [-0.39, 0.29) is 6.10 Å². The average molecular weight is 145 g/mol. The molecule has 0 unspecified atom stereocenters. The van der Waals surface area contributed by atoms with Crippen molar-refractivity contribution in [1.29, 1.82) is 0 Å². The first-order chi connectivity index (χ1) is 4.81. The Morgan fingerprint density at radius 1 is 1.30 bits per heavy atom. The highest BCUT2D eigenvalue weighted by molar-refractivity contribution is 4.55. The van der Waals surface area contributed by atoms with E-state index < -0.39 is 0 Å². The van der Waals surface area contributed by atoms with Gasteiger partial charge in [0.2, 0.25) is 0 Å². The SMILES string of the molecule is CCCCC[C@@H](O)CCN. The molecular formula is C8H19NO. The molecule has 0 radical (unpaired) electrons. The number of hydrogen-bond donors (Lipinski definition) is 2. The summed E-state index contributed by atoms with van der Waals surface area (Å²) >= 11 is 0. The molecule has 0 spiro atoms. The quantitative estimate of drug-likeness (QED) is 0.553. The van der Waals surface area contributed by atoms with Gasteiger partial charge < -0.3 is 10.8 Å². The van der Waals surface area contributed by atoms with Crippen LogP contribution in [0.3, 0.4) is 0 Å². The van der Waals surface area contributed by atoms with Crippen LogP contribution in [0.2, 0.25) is 0 Å². The van der Waals surface area contributed by atoms with Gasteiger partial charge >= 0.3 is 0 Å². The minimum Gasteiger partial charge on any atom is -0.393 e. The van der Waals surface area contributed by atoms with E-state index in [1.165, 1.54) is 12.8 Å². The van der Waals surface area contributed by atoms with Gasteiger partial charge in [0.25, 0.3) is 0 Å². The minimum absolute atomic E-state index is 0.156. The Balaban J connectivity index is 2.97. The fraction of sp³-hybridized carbons (Fsp3) is 1.00. The molecule has 0 heterocycles. The van der Waals surface area contributed by atoms with Crippen LogP contribution in [0, 0.1) is 0 Å². The van der Waals surface area contributed by atoms with Crippen molar-refractivity contribution in [1.82, 2.24) is 0 Å². The summed E-state index contributed by atoms with van der Waals surface area (Å²) in [6.07, 6.45) is 5.10. The molecule has 0 saturated carbocycles. The third-order valence-electron chi connectivity index (χ3n) is 1.64. The Morgan fingerprint density at radius 2 is 2.00 bits per heavy atom. The second-order valence-electron chi connectivity index (χ2n) is 2.73. The van der Waals surface area contributed by atoms with E-state index in [0.717, 1.165) is 19.3 Å². The van der Waals surface area contributed by atoms with Crippen LogP contribution < -0.4 is 5.73 Å². The highest BCUT2D eigenvalue weighted by atomic mass is 16.3. The van der Waals surface area contributed by atoms with Gasteiger partial charge in [0.15, 0.2) is 0 Å². The van der Waals surface area contributed by atoms with Gasteiger partial charge in [0, 0.05) is 0 Å². The molecule has 0 amide bonds. The summed E-state index contributed by atoms with van der Waals surface area (Å²) < 4.78 is 0. The largest absolute Gasteiger partial charge is 0.393 e. The van der Waals surface area contributed by atoms with Crippen LogP contribution in [0.1, 0.15) is 39.0 Å². The summed E-state index contributed by atoms with van der Waals surface area (Å²) in [7, 11) is 0. The highest BCUT2D eigenvalue weighted by Crippen LogP contribution is 2.04. The van der Waals surface area contributed by atoms with Crippen LogP contribution in [0.5, 0.6) is 0 Å². The normalized spacial score (nSPS) is 13.5. The lowest BCUT2D eigenvalue weighted by atomic mass is 10.1. The predicted octanol–water partition coefficient (Wildman–Crippen LogP) is 1.28. The highest BCUT2D eigenvalue weighted by Gasteiger charge is 2.00. The smallest absolute Gasteiger partial charge is 0.0552 e. The summed E-state index contributed by atoms with van der Waals surface area (Å²) in [4.78, 5) is 0. The molecule has 0 aromatic rings. The first-order valence-corrected chi connectivity index (χ1v) is 4.19. The molecule has 3 N–H and O–H groups in total. The first-order valence-electron chi connectivity index (χ1n) is 4.19. The lowest BCUT2D eigenvalue weighted by molar-refractivity contribution is 0.153. The van der Waals surface area contributed by atoms with Gasteiger partial charge in [0.1, 0.15) is 0 Å². The van der Waals surface area contributed by atoms with Crippen molar-refractivity contribution < 1.29 is 5.11 Å². The lowest BCUT2D eigenvalue weighted by Gasteiger charge is -2.06. The lowest BCUT2D eigenvalue weighted by Crippen LogP contribution is -2.12. The summed E-state index contributed by atoms with van der Waals surface area (Å²) in [6.45, 7) is 2.77. The zero-order chi connectivity index (χ0) is 7.82. The number of aliphatic hydroxyl groups is 1. The molecule has 1 atom stereocenters. The number of hydrogen-bond acceptors (Lipinski definition) is 2. The zero-order valence-electron chi connectivity index (χ0n) is 6.84. The number of unbranched alkanes of at least 4 members (excludes halogenated alkanes) is 2. The third-order valence-corrected chi connectivity index (χ3v) is 1.64. The van der Waals surface area contributed by atoms with Gasteiger partial charge in [-0.1, -0.05) is 26.2 Å². The number of nitrogens with two attached hydrogens (primary N) is 1. The van der Waals surface area contributed by atoms with Gasteiger partial charge in [-0.25, -0.2) is 0 Å². The van der Waals surface area contributed by atoms with Crippen molar-refractivity contribution in [2.24, 2.45) is 5.73 Å². The Hall–Kier alpha value is -0.0800. The van der Waals surface area contributed by atoms with Crippen molar-refractivity contribution in [2.75, 3.05) is 6.54 Å². The Labute approximate surface area is 63.4 Å². The molecule has 0 aromatic heterocycles. The molecule has 0 fully saturated rings. The van der Waals surface area contributed by atoms with Gasteiger partial charge in [0.05, 0.1) is 6.10 Å². The summed E-state index contributed by atoms with van der Waals surface area (Å²) in [6, 6.07) is 0. The fourth-order valence-electron chi connectivity index (χ4n) is 0.967. The molecule has 0 saturated heterocycles. The zero-order valence-corrected chi connectivity index (χ0v) is 6.84. The number of aliphatic hydroxyl groups excluding tert-OH is 1. The van der Waals surface area contributed by atoms with Crippen LogP contribution in [0.15, 0.2) is 0 Å². The molecule has 0 aliphatic heterocycles. The van der Waals surface area contributed by atoms with Gasteiger partial charge in [-0.3, -0.25) is 0 Å². The molecule has 0 aromatic carbocycles. The van der Waals surface area contributed by atoms with Crippen molar-refractivity contribution in [3.05, 3.63) is 0 Å². The fourth-order valence-corrected chi connectivity index (χ4v) is 0.967. The molecule has 62 valence electrons. The van der Waals surface area contributed by atoms with Gasteiger partial charge in [-0.05, 0) is 19.4 Å². The topological polar surface area (TPSA) is 46.2 Å².